The number of quaternary nitrogens is 2. The Balaban J connectivity index is 1.95. The topological polar surface area (TPSA) is 29.1 Å². The van der Waals surface area contributed by atoms with Gasteiger partial charge in [-0.3, -0.25) is 0 Å². The van der Waals surface area contributed by atoms with Gasteiger partial charge in [-0.1, -0.05) is 15.9 Å². The number of hydrogen-bond acceptors (Lipinski definition) is 1. The van der Waals surface area contributed by atoms with Crippen LogP contribution in [0.2, 0.25) is 0 Å². The first-order valence-corrected chi connectivity index (χ1v) is 7.13. The van der Waals surface area contributed by atoms with Gasteiger partial charge in [0.1, 0.15) is 38.5 Å². The maximum atomic E-state index is 9.82. The number of rotatable bonds is 3. The van der Waals surface area contributed by atoms with Gasteiger partial charge in [0.2, 0.25) is 0 Å². The highest BCUT2D eigenvalue weighted by Crippen LogP contribution is 2.20. The summed E-state index contributed by atoms with van der Waals surface area (Å²) in [5.41, 5.74) is 1.05. The molecule has 0 radical (unpaired) electrons. The minimum Gasteiger partial charge on any atom is -0.507 e. The van der Waals surface area contributed by atoms with Gasteiger partial charge in [0.15, 0.2) is 0 Å². The molecule has 3 nitrogen and oxygen atoms in total. The normalized spacial score (nSPS) is 24.8. The first-order chi connectivity index (χ1) is 8.19. The molecule has 1 fully saturated rings. The van der Waals surface area contributed by atoms with Crippen LogP contribution in [0.4, 0.5) is 0 Å². The summed E-state index contributed by atoms with van der Waals surface area (Å²) >= 11 is 3.46. The molecule has 17 heavy (non-hydrogen) atoms. The van der Waals surface area contributed by atoms with Gasteiger partial charge in [0.05, 0.1) is 6.54 Å². The summed E-state index contributed by atoms with van der Waals surface area (Å²) in [6.45, 7) is 9.32. The summed E-state index contributed by atoms with van der Waals surface area (Å²) in [7, 11) is 0. The van der Waals surface area contributed by atoms with Crippen molar-refractivity contribution in [3.63, 3.8) is 0 Å². The van der Waals surface area contributed by atoms with E-state index in [2.05, 4.69) is 22.9 Å². The van der Waals surface area contributed by atoms with E-state index in [1.54, 1.807) is 15.9 Å². The van der Waals surface area contributed by atoms with E-state index in [0.717, 1.165) is 16.6 Å². The molecule has 0 aliphatic carbocycles. The Morgan fingerprint density at radius 3 is 2.47 bits per heavy atom. The molecule has 0 spiro atoms. The maximum Gasteiger partial charge on any atom is 0.127 e. The van der Waals surface area contributed by atoms with Gasteiger partial charge in [-0.15, -0.1) is 0 Å². The van der Waals surface area contributed by atoms with E-state index in [4.69, 9.17) is 0 Å². The molecule has 1 aliphatic heterocycles. The summed E-state index contributed by atoms with van der Waals surface area (Å²) in [6, 6.07) is 5.68. The van der Waals surface area contributed by atoms with Crippen molar-refractivity contribution < 1.29 is 14.9 Å². The molecule has 1 aromatic carbocycles. The minimum absolute atomic E-state index is 0.422. The molecular weight excluding hydrogens is 280 g/mol. The van der Waals surface area contributed by atoms with Crippen LogP contribution in [0.15, 0.2) is 22.7 Å². The summed E-state index contributed by atoms with van der Waals surface area (Å²) < 4.78 is 1.04. The Morgan fingerprint density at radius 2 is 1.82 bits per heavy atom. The number of piperazine rings is 1. The van der Waals surface area contributed by atoms with Crippen molar-refractivity contribution in [2.45, 2.75) is 13.5 Å². The number of likely N-dealkylation sites (N-methyl/N-ethyl adjacent to an activating group) is 1. The van der Waals surface area contributed by atoms with Crippen LogP contribution >= 0.6 is 15.9 Å². The van der Waals surface area contributed by atoms with E-state index in [1.807, 2.05) is 12.1 Å². The molecular formula is C13H21BrN2O+2. The van der Waals surface area contributed by atoms with Crippen LogP contribution < -0.4 is 9.80 Å². The maximum absolute atomic E-state index is 9.82. The van der Waals surface area contributed by atoms with Crippen molar-refractivity contribution in [2.24, 2.45) is 0 Å². The molecule has 1 heterocycles. The van der Waals surface area contributed by atoms with Gasteiger partial charge in [0, 0.05) is 10.0 Å². The fraction of sp³-hybridized carbons (Fsp3) is 0.538. The van der Waals surface area contributed by atoms with Crippen molar-refractivity contribution in [2.75, 3.05) is 32.7 Å². The van der Waals surface area contributed by atoms with Crippen LogP contribution in [0.3, 0.4) is 0 Å². The Morgan fingerprint density at radius 1 is 1.18 bits per heavy atom. The van der Waals surface area contributed by atoms with Gasteiger partial charge < -0.3 is 14.9 Å². The van der Waals surface area contributed by atoms with Crippen LogP contribution in [-0.4, -0.2) is 37.8 Å². The third kappa shape index (κ3) is 3.44. The second-order valence-corrected chi connectivity index (χ2v) is 5.72. The standard InChI is InChI=1S/C13H19BrN2O/c1-2-15-5-7-16(8-6-15)10-11-9-12(14)3-4-13(11)17/h3-4,9,17H,2,5-8,10H2,1H3/p+2. The van der Waals surface area contributed by atoms with Gasteiger partial charge >= 0.3 is 0 Å². The number of phenols is 1. The number of nitrogens with one attached hydrogen (secondary N) is 2. The average molecular weight is 301 g/mol. The lowest BCUT2D eigenvalue weighted by atomic mass is 10.1. The van der Waals surface area contributed by atoms with Crippen LogP contribution in [0, 0.1) is 0 Å². The number of halogens is 1. The van der Waals surface area contributed by atoms with E-state index < -0.39 is 0 Å². The number of hydrogen-bond donors (Lipinski definition) is 3. The van der Waals surface area contributed by atoms with Crippen LogP contribution in [-0.2, 0) is 6.54 Å². The average Bonchev–Trinajstić information content (AvgIpc) is 2.35. The molecule has 1 aliphatic rings. The van der Waals surface area contributed by atoms with Crippen molar-refractivity contribution in [1.29, 1.82) is 0 Å². The molecule has 0 bridgehead atoms. The molecule has 0 amide bonds. The zero-order valence-electron chi connectivity index (χ0n) is 10.3. The molecule has 4 heteroatoms. The Bertz CT molecular complexity index is 376. The molecule has 2 rings (SSSR count). The highest BCUT2D eigenvalue weighted by Gasteiger charge is 2.22. The smallest absolute Gasteiger partial charge is 0.127 e. The molecule has 1 aromatic rings. The van der Waals surface area contributed by atoms with E-state index in [0.29, 0.717) is 5.75 Å². The molecule has 0 unspecified atom stereocenters. The lowest BCUT2D eigenvalue weighted by molar-refractivity contribution is -1.02. The van der Waals surface area contributed by atoms with Crippen LogP contribution in [0.1, 0.15) is 12.5 Å². The molecule has 3 N–H and O–H groups in total. The summed E-state index contributed by atoms with van der Waals surface area (Å²) in [4.78, 5) is 3.28. The van der Waals surface area contributed by atoms with E-state index in [-0.39, 0.29) is 0 Å². The summed E-state index contributed by atoms with van der Waals surface area (Å²) in [5, 5.41) is 9.82. The Hall–Kier alpha value is -0.580. The first-order valence-electron chi connectivity index (χ1n) is 6.33. The largest absolute Gasteiger partial charge is 0.507 e. The molecule has 0 saturated carbocycles. The lowest BCUT2D eigenvalue weighted by Gasteiger charge is -2.29. The molecule has 1 saturated heterocycles. The van der Waals surface area contributed by atoms with E-state index in [1.165, 1.54) is 32.7 Å². The van der Waals surface area contributed by atoms with Gasteiger partial charge in [0.25, 0.3) is 0 Å². The lowest BCUT2D eigenvalue weighted by Crippen LogP contribution is -3.27. The highest BCUT2D eigenvalue weighted by atomic mass is 79.9. The van der Waals surface area contributed by atoms with Crippen molar-refractivity contribution in [3.05, 3.63) is 28.2 Å². The van der Waals surface area contributed by atoms with Crippen molar-refractivity contribution in [1.82, 2.24) is 0 Å². The number of benzene rings is 1. The third-order valence-electron chi connectivity index (χ3n) is 3.65. The summed E-state index contributed by atoms with van der Waals surface area (Å²) in [6.07, 6.45) is 0. The van der Waals surface area contributed by atoms with E-state index in [9.17, 15) is 5.11 Å². The second-order valence-electron chi connectivity index (χ2n) is 4.80. The monoisotopic (exact) mass is 300 g/mol. The SMILES string of the molecule is CC[NH+]1CC[NH+](Cc2cc(Br)ccc2O)CC1. The Kier molecular flexibility index (Phi) is 4.42. The molecule has 94 valence electrons. The van der Waals surface area contributed by atoms with Gasteiger partial charge in [-0.25, -0.2) is 0 Å². The minimum atomic E-state index is 0.422. The predicted molar refractivity (Wildman–Crippen MR) is 71.4 cm³/mol. The van der Waals surface area contributed by atoms with Gasteiger partial charge in [-0.05, 0) is 25.1 Å². The molecule has 0 aromatic heterocycles. The second kappa shape index (κ2) is 5.85. The van der Waals surface area contributed by atoms with Crippen LogP contribution in [0.25, 0.3) is 0 Å². The van der Waals surface area contributed by atoms with Crippen LogP contribution in [0.5, 0.6) is 5.75 Å². The van der Waals surface area contributed by atoms with E-state index >= 15 is 0 Å². The fourth-order valence-electron chi connectivity index (χ4n) is 2.45. The van der Waals surface area contributed by atoms with Crippen molar-refractivity contribution >= 4 is 15.9 Å². The number of phenolic OH excluding ortho intramolecular Hbond substituents is 1. The Labute approximate surface area is 111 Å². The zero-order chi connectivity index (χ0) is 12.3. The van der Waals surface area contributed by atoms with Gasteiger partial charge in [-0.2, -0.15) is 0 Å². The quantitative estimate of drug-likeness (QED) is 0.688. The third-order valence-corrected chi connectivity index (χ3v) is 4.14. The molecule has 0 atom stereocenters. The number of aromatic hydroxyl groups is 1. The van der Waals surface area contributed by atoms with Crippen molar-refractivity contribution in [3.8, 4) is 5.75 Å². The highest BCUT2D eigenvalue weighted by molar-refractivity contribution is 9.10. The summed E-state index contributed by atoms with van der Waals surface area (Å²) in [5.74, 6) is 0.422. The predicted octanol–water partition coefficient (Wildman–Crippen LogP) is -0.542. The first kappa shape index (κ1) is 12.9. The fourth-order valence-corrected chi connectivity index (χ4v) is 2.86. The zero-order valence-corrected chi connectivity index (χ0v) is 11.9.